The van der Waals surface area contributed by atoms with E-state index in [0.717, 1.165) is 22.5 Å². The standard InChI is InChI=1S/C12H12ClFN2/c1-7-8(2)15-16(3)12(7)10-5-4-9(14)6-11(10)13/h4-6H,1-3H3. The van der Waals surface area contributed by atoms with E-state index in [1.807, 2.05) is 20.9 Å². The molecule has 0 spiro atoms. The molecule has 84 valence electrons. The Bertz CT molecular complexity index is 546. The van der Waals surface area contributed by atoms with Gasteiger partial charge in [0.25, 0.3) is 0 Å². The van der Waals surface area contributed by atoms with Crippen molar-refractivity contribution in [1.82, 2.24) is 9.78 Å². The average molecular weight is 239 g/mol. The molecule has 0 amide bonds. The third-order valence-corrected chi connectivity index (χ3v) is 3.02. The van der Waals surface area contributed by atoms with Gasteiger partial charge in [0, 0.05) is 12.6 Å². The van der Waals surface area contributed by atoms with Gasteiger partial charge in [0.2, 0.25) is 0 Å². The molecule has 0 fully saturated rings. The first-order valence-electron chi connectivity index (χ1n) is 4.96. The van der Waals surface area contributed by atoms with E-state index in [2.05, 4.69) is 5.10 Å². The first-order chi connectivity index (χ1) is 7.50. The highest BCUT2D eigenvalue weighted by atomic mass is 35.5. The van der Waals surface area contributed by atoms with Crippen LogP contribution in [0, 0.1) is 19.7 Å². The summed E-state index contributed by atoms with van der Waals surface area (Å²) in [5.74, 6) is -0.328. The zero-order chi connectivity index (χ0) is 11.9. The smallest absolute Gasteiger partial charge is 0.124 e. The van der Waals surface area contributed by atoms with Gasteiger partial charge in [-0.05, 0) is 37.6 Å². The summed E-state index contributed by atoms with van der Waals surface area (Å²) in [6.07, 6.45) is 0. The van der Waals surface area contributed by atoms with Crippen LogP contribution in [0.15, 0.2) is 18.2 Å². The second-order valence-electron chi connectivity index (χ2n) is 3.81. The van der Waals surface area contributed by atoms with Crippen molar-refractivity contribution in [3.05, 3.63) is 40.3 Å². The monoisotopic (exact) mass is 238 g/mol. The molecule has 0 N–H and O–H groups in total. The Balaban J connectivity index is 2.67. The second-order valence-corrected chi connectivity index (χ2v) is 4.21. The summed E-state index contributed by atoms with van der Waals surface area (Å²) in [4.78, 5) is 0. The highest BCUT2D eigenvalue weighted by molar-refractivity contribution is 6.33. The quantitative estimate of drug-likeness (QED) is 0.744. The number of benzene rings is 1. The molecule has 0 saturated heterocycles. The molecule has 1 heterocycles. The highest BCUT2D eigenvalue weighted by Gasteiger charge is 2.14. The van der Waals surface area contributed by atoms with Gasteiger partial charge in [0.05, 0.1) is 16.4 Å². The highest BCUT2D eigenvalue weighted by Crippen LogP contribution is 2.31. The van der Waals surface area contributed by atoms with E-state index in [1.165, 1.54) is 12.1 Å². The van der Waals surface area contributed by atoms with Crippen LogP contribution >= 0.6 is 11.6 Å². The third kappa shape index (κ3) is 1.71. The minimum Gasteiger partial charge on any atom is -0.267 e. The van der Waals surface area contributed by atoms with Crippen molar-refractivity contribution in [3.8, 4) is 11.3 Å². The number of aromatic nitrogens is 2. The van der Waals surface area contributed by atoms with Crippen molar-refractivity contribution in [2.75, 3.05) is 0 Å². The van der Waals surface area contributed by atoms with Gasteiger partial charge >= 0.3 is 0 Å². The molecule has 1 aromatic heterocycles. The van der Waals surface area contributed by atoms with Crippen molar-refractivity contribution >= 4 is 11.6 Å². The van der Waals surface area contributed by atoms with Crippen molar-refractivity contribution in [2.45, 2.75) is 13.8 Å². The molecule has 0 bridgehead atoms. The van der Waals surface area contributed by atoms with Gasteiger partial charge in [-0.1, -0.05) is 11.6 Å². The van der Waals surface area contributed by atoms with Crippen LogP contribution in [0.2, 0.25) is 5.02 Å². The average Bonchev–Trinajstić information content (AvgIpc) is 2.43. The molecule has 2 aromatic rings. The second kappa shape index (κ2) is 3.91. The number of halogens is 2. The minimum atomic E-state index is -0.328. The van der Waals surface area contributed by atoms with Gasteiger partial charge in [-0.15, -0.1) is 0 Å². The largest absolute Gasteiger partial charge is 0.267 e. The van der Waals surface area contributed by atoms with Crippen LogP contribution in [-0.4, -0.2) is 9.78 Å². The Morgan fingerprint density at radius 2 is 2.00 bits per heavy atom. The topological polar surface area (TPSA) is 17.8 Å². The molecule has 0 aliphatic heterocycles. The summed E-state index contributed by atoms with van der Waals surface area (Å²) in [7, 11) is 1.86. The molecule has 0 aliphatic carbocycles. The summed E-state index contributed by atoms with van der Waals surface area (Å²) < 4.78 is 14.7. The molecule has 1 aromatic carbocycles. The molecular weight excluding hydrogens is 227 g/mol. The Hall–Kier alpha value is -1.35. The maximum absolute atomic E-state index is 13.0. The molecule has 0 radical (unpaired) electrons. The van der Waals surface area contributed by atoms with Gasteiger partial charge in [0.1, 0.15) is 5.82 Å². The maximum Gasteiger partial charge on any atom is 0.124 e. The van der Waals surface area contributed by atoms with E-state index in [0.29, 0.717) is 5.02 Å². The third-order valence-electron chi connectivity index (χ3n) is 2.71. The van der Waals surface area contributed by atoms with Crippen molar-refractivity contribution in [3.63, 3.8) is 0 Å². The summed E-state index contributed by atoms with van der Waals surface area (Å²) in [6.45, 7) is 3.92. The summed E-state index contributed by atoms with van der Waals surface area (Å²) in [5.41, 5.74) is 3.76. The van der Waals surface area contributed by atoms with Crippen LogP contribution in [0.4, 0.5) is 4.39 Å². The zero-order valence-corrected chi connectivity index (χ0v) is 10.1. The molecular formula is C12H12ClFN2. The molecule has 0 unspecified atom stereocenters. The van der Waals surface area contributed by atoms with Crippen molar-refractivity contribution in [2.24, 2.45) is 7.05 Å². The van der Waals surface area contributed by atoms with Crippen LogP contribution in [0.3, 0.4) is 0 Å². The minimum absolute atomic E-state index is 0.328. The lowest BCUT2D eigenvalue weighted by atomic mass is 10.1. The Labute approximate surface area is 98.7 Å². The molecule has 16 heavy (non-hydrogen) atoms. The normalized spacial score (nSPS) is 10.8. The van der Waals surface area contributed by atoms with E-state index in [4.69, 9.17) is 11.6 Å². The fourth-order valence-electron chi connectivity index (χ4n) is 1.82. The maximum atomic E-state index is 13.0. The van der Waals surface area contributed by atoms with E-state index in [1.54, 1.807) is 10.7 Å². The SMILES string of the molecule is Cc1nn(C)c(-c2ccc(F)cc2Cl)c1C. The Morgan fingerprint density at radius 1 is 1.31 bits per heavy atom. The summed E-state index contributed by atoms with van der Waals surface area (Å²) in [5, 5.41) is 4.72. The predicted molar refractivity (Wildman–Crippen MR) is 63.1 cm³/mol. The predicted octanol–water partition coefficient (Wildman–Crippen LogP) is 3.50. The van der Waals surface area contributed by atoms with Crippen LogP contribution < -0.4 is 0 Å². The summed E-state index contributed by atoms with van der Waals surface area (Å²) >= 11 is 6.04. The molecule has 0 saturated carbocycles. The molecule has 0 aliphatic rings. The lowest BCUT2D eigenvalue weighted by Crippen LogP contribution is -1.95. The number of hydrogen-bond acceptors (Lipinski definition) is 1. The Morgan fingerprint density at radius 3 is 2.50 bits per heavy atom. The van der Waals surface area contributed by atoms with E-state index < -0.39 is 0 Å². The van der Waals surface area contributed by atoms with Gasteiger partial charge < -0.3 is 0 Å². The van der Waals surface area contributed by atoms with Gasteiger partial charge in [-0.3, -0.25) is 4.68 Å². The number of rotatable bonds is 1. The van der Waals surface area contributed by atoms with Gasteiger partial charge in [0.15, 0.2) is 0 Å². The fourth-order valence-corrected chi connectivity index (χ4v) is 2.08. The molecule has 2 rings (SSSR count). The lowest BCUT2D eigenvalue weighted by molar-refractivity contribution is 0.628. The van der Waals surface area contributed by atoms with E-state index in [-0.39, 0.29) is 5.82 Å². The molecule has 2 nitrogen and oxygen atoms in total. The van der Waals surface area contributed by atoms with Gasteiger partial charge in [-0.2, -0.15) is 5.10 Å². The first kappa shape index (κ1) is 11.1. The van der Waals surface area contributed by atoms with Crippen LogP contribution in [0.1, 0.15) is 11.3 Å². The number of hydrogen-bond donors (Lipinski definition) is 0. The van der Waals surface area contributed by atoms with Crippen molar-refractivity contribution < 1.29 is 4.39 Å². The van der Waals surface area contributed by atoms with Crippen LogP contribution in [-0.2, 0) is 7.05 Å². The number of aryl methyl sites for hydroxylation is 2. The van der Waals surface area contributed by atoms with E-state index >= 15 is 0 Å². The van der Waals surface area contributed by atoms with Crippen LogP contribution in [0.25, 0.3) is 11.3 Å². The zero-order valence-electron chi connectivity index (χ0n) is 9.38. The van der Waals surface area contributed by atoms with Crippen molar-refractivity contribution in [1.29, 1.82) is 0 Å². The van der Waals surface area contributed by atoms with E-state index in [9.17, 15) is 4.39 Å². The molecule has 0 atom stereocenters. The number of nitrogens with zero attached hydrogens (tertiary/aromatic N) is 2. The lowest BCUT2D eigenvalue weighted by Gasteiger charge is -2.06. The molecule has 4 heteroatoms. The first-order valence-corrected chi connectivity index (χ1v) is 5.34. The van der Waals surface area contributed by atoms with Gasteiger partial charge in [-0.25, -0.2) is 4.39 Å². The van der Waals surface area contributed by atoms with Crippen LogP contribution in [0.5, 0.6) is 0 Å². The fraction of sp³-hybridized carbons (Fsp3) is 0.250. The Kier molecular flexibility index (Phi) is 2.72. The summed E-state index contributed by atoms with van der Waals surface area (Å²) in [6, 6.07) is 4.41.